The highest BCUT2D eigenvalue weighted by Crippen LogP contribution is 2.66. The predicted molar refractivity (Wildman–Crippen MR) is 293 cm³/mol. The van der Waals surface area contributed by atoms with Crippen molar-refractivity contribution in [2.24, 2.45) is 11.8 Å². The maximum absolute atomic E-state index is 16.9. The molecule has 6 aromatic carbocycles. The van der Waals surface area contributed by atoms with Crippen LogP contribution in [0.1, 0.15) is 71.0 Å². The molecule has 7 atom stereocenters. The van der Waals surface area contributed by atoms with Crippen LogP contribution in [0.2, 0.25) is 0 Å². The van der Waals surface area contributed by atoms with Crippen molar-refractivity contribution in [3.05, 3.63) is 191 Å². The van der Waals surface area contributed by atoms with Crippen LogP contribution in [0.25, 0.3) is 0 Å². The third-order valence-corrected chi connectivity index (χ3v) is 15.9. The first-order valence-electron chi connectivity index (χ1n) is 26.7. The van der Waals surface area contributed by atoms with Crippen LogP contribution in [0.15, 0.2) is 152 Å². The number of ether oxygens (including phenoxy) is 4. The molecule has 5 heterocycles. The molecule has 404 valence electrons. The molecule has 5 aliphatic heterocycles. The normalized spacial score (nSPS) is 22.7. The molecule has 1 spiro atoms. The van der Waals surface area contributed by atoms with Gasteiger partial charge in [-0.15, -0.1) is 0 Å². The van der Waals surface area contributed by atoms with Crippen LogP contribution in [-0.4, -0.2) is 120 Å². The highest BCUT2D eigenvalue weighted by atomic mass is 16.7. The number of benzene rings is 6. The summed E-state index contributed by atoms with van der Waals surface area (Å²) in [6, 6.07) is 41.0. The second-order valence-electron chi connectivity index (χ2n) is 21.2. The molecule has 16 nitrogen and oxygen atoms in total. The second kappa shape index (κ2) is 22.1. The van der Waals surface area contributed by atoms with Crippen molar-refractivity contribution in [3.8, 4) is 29.1 Å². The largest absolute Gasteiger partial charge is 0.508 e. The van der Waals surface area contributed by atoms with Gasteiger partial charge in [0.2, 0.25) is 18.6 Å². The number of methoxy groups -OCH3 is 1. The van der Waals surface area contributed by atoms with Gasteiger partial charge in [-0.25, -0.2) is 14.5 Å². The van der Waals surface area contributed by atoms with Gasteiger partial charge in [-0.1, -0.05) is 135 Å². The molecule has 0 bridgehead atoms. The monoisotopic (exact) mass is 1060 g/mol. The number of phenols is 1. The van der Waals surface area contributed by atoms with E-state index in [1.165, 1.54) is 19.2 Å². The van der Waals surface area contributed by atoms with Crippen molar-refractivity contribution >= 4 is 35.5 Å². The van der Waals surface area contributed by atoms with Crippen molar-refractivity contribution in [1.29, 1.82) is 0 Å². The number of hydrogen-bond acceptors (Lipinski definition) is 13. The van der Waals surface area contributed by atoms with Gasteiger partial charge in [0.05, 0.1) is 37.3 Å². The van der Waals surface area contributed by atoms with Crippen molar-refractivity contribution in [2.45, 2.75) is 62.6 Å². The van der Waals surface area contributed by atoms with Gasteiger partial charge in [-0.3, -0.25) is 29.1 Å². The van der Waals surface area contributed by atoms with Crippen LogP contribution in [-0.2, 0) is 47.2 Å². The Balaban J connectivity index is 1.10. The van der Waals surface area contributed by atoms with Gasteiger partial charge in [0, 0.05) is 44.8 Å². The van der Waals surface area contributed by atoms with E-state index in [2.05, 4.69) is 39.1 Å². The molecule has 79 heavy (non-hydrogen) atoms. The standard InChI is InChI=1S/C63H62N6O10/c1-40(2)53(59(72)76-4)64-62(75)68-49-28-22-41(17-14-30-65(3)37-42-15-8-5-9-16-42)35-48(49)63(61(68)74)52(58(71)67-33-31-66(32-34-67)38-43-23-29-50-51(36-43)78-39-77-50)55-60(73)79-56(45-20-12-7-13-21-45)54(44-18-10-6-11-19-44)69(55)57(63)46-24-26-47(70)27-25-46/h5-13,15-16,18-29,35-36,40,52-57,70H,30-34,37-39H2,1-4H3,(H,64,75)/t52-,53-,54-,55-,56+,57+,63-/m0/s1. The number of piperazine rings is 1. The number of phenolic OH excluding ortho intramolecular Hbond substituents is 1. The topological polar surface area (TPSA) is 171 Å². The molecule has 0 saturated carbocycles. The first-order chi connectivity index (χ1) is 38.3. The third kappa shape index (κ3) is 9.83. The van der Waals surface area contributed by atoms with E-state index in [4.69, 9.17) is 18.9 Å². The van der Waals surface area contributed by atoms with E-state index in [9.17, 15) is 9.90 Å². The van der Waals surface area contributed by atoms with Crippen molar-refractivity contribution in [3.63, 3.8) is 0 Å². The number of imide groups is 1. The van der Waals surface area contributed by atoms with Gasteiger partial charge < -0.3 is 34.3 Å². The van der Waals surface area contributed by atoms with Crippen LogP contribution in [0, 0.1) is 23.7 Å². The summed E-state index contributed by atoms with van der Waals surface area (Å²) in [4.78, 5) is 86.8. The zero-order valence-electron chi connectivity index (χ0n) is 44.5. The van der Waals surface area contributed by atoms with Crippen molar-refractivity contribution < 1.29 is 48.0 Å². The summed E-state index contributed by atoms with van der Waals surface area (Å²) in [7, 11) is 3.20. The number of nitrogens with one attached hydrogen (secondary N) is 1. The Bertz CT molecular complexity index is 3320. The molecular formula is C63H62N6O10. The maximum Gasteiger partial charge on any atom is 0.329 e. The first kappa shape index (κ1) is 52.6. The lowest BCUT2D eigenvalue weighted by Gasteiger charge is -2.46. The number of aromatic hydroxyl groups is 1. The molecule has 4 amide bonds. The molecule has 11 rings (SSSR count). The average Bonchev–Trinajstić information content (AvgIpc) is 4.35. The number of rotatable bonds is 12. The number of hydrogen-bond donors (Lipinski definition) is 2. The minimum Gasteiger partial charge on any atom is -0.508 e. The summed E-state index contributed by atoms with van der Waals surface area (Å²) in [6.45, 7) is 6.69. The third-order valence-electron chi connectivity index (χ3n) is 15.9. The summed E-state index contributed by atoms with van der Waals surface area (Å²) in [5, 5.41) is 13.7. The Kier molecular flexibility index (Phi) is 14.7. The summed E-state index contributed by atoms with van der Waals surface area (Å²) in [5.41, 5.74) is 2.92. The van der Waals surface area contributed by atoms with E-state index in [-0.39, 0.29) is 31.3 Å². The number of esters is 2. The van der Waals surface area contributed by atoms with E-state index in [0.29, 0.717) is 66.5 Å². The van der Waals surface area contributed by atoms with Crippen LogP contribution in [0.3, 0.4) is 0 Å². The SMILES string of the molecule is COC(=O)[C@@H](NC(=O)N1C(=O)[C@@]2(c3cc(C#CCN(C)Cc4ccccc4)ccc31)[C@H](C(=O)N1CCN(Cc3ccc4c(c3)OCO4)CC1)[C@H]1C(=O)O[C@H](c3ccccc3)[C@H](c3ccccc3)N1[C@@H]2c1ccc(O)cc1)C(C)C. The zero-order chi connectivity index (χ0) is 55.0. The minimum atomic E-state index is -2.08. The van der Waals surface area contributed by atoms with Crippen LogP contribution < -0.4 is 19.7 Å². The van der Waals surface area contributed by atoms with Crippen molar-refractivity contribution in [2.75, 3.05) is 58.6 Å². The van der Waals surface area contributed by atoms with E-state index >= 15 is 19.2 Å². The maximum atomic E-state index is 16.9. The quantitative estimate of drug-likeness (QED) is 0.0913. The molecule has 6 aromatic rings. The first-order valence-corrected chi connectivity index (χ1v) is 26.7. The molecule has 16 heteroatoms. The van der Waals surface area contributed by atoms with Gasteiger partial charge >= 0.3 is 18.0 Å². The Labute approximate surface area is 459 Å². The smallest absolute Gasteiger partial charge is 0.329 e. The molecule has 3 saturated heterocycles. The molecule has 0 aliphatic carbocycles. The van der Waals surface area contributed by atoms with Gasteiger partial charge in [0.1, 0.15) is 29.4 Å². The van der Waals surface area contributed by atoms with Gasteiger partial charge in [-0.05, 0) is 88.8 Å². The number of cyclic esters (lactones) is 1. The number of carbonyl (C=O) groups excluding carboxylic acids is 5. The Morgan fingerprint density at radius 3 is 2.13 bits per heavy atom. The molecule has 0 radical (unpaired) electrons. The van der Waals surface area contributed by atoms with E-state index in [1.807, 2.05) is 109 Å². The average molecular weight is 1060 g/mol. The Morgan fingerprint density at radius 1 is 0.772 bits per heavy atom. The van der Waals surface area contributed by atoms with E-state index in [1.54, 1.807) is 49.1 Å². The Hall–Kier alpha value is -8.49. The Morgan fingerprint density at radius 2 is 1.44 bits per heavy atom. The fourth-order valence-corrected chi connectivity index (χ4v) is 12.3. The second-order valence-corrected chi connectivity index (χ2v) is 21.2. The van der Waals surface area contributed by atoms with E-state index < -0.39 is 77.3 Å². The number of morpholine rings is 1. The minimum absolute atomic E-state index is 0.0464. The number of amides is 4. The molecule has 5 aliphatic rings. The lowest BCUT2D eigenvalue weighted by atomic mass is 9.64. The fraction of sp³-hybridized carbons (Fsp3) is 0.317. The fourth-order valence-electron chi connectivity index (χ4n) is 12.3. The molecule has 0 unspecified atom stereocenters. The number of urea groups is 1. The zero-order valence-corrected chi connectivity index (χ0v) is 44.5. The summed E-state index contributed by atoms with van der Waals surface area (Å²) in [6.07, 6.45) is -0.940. The van der Waals surface area contributed by atoms with Crippen LogP contribution >= 0.6 is 0 Å². The molecule has 2 N–H and O–H groups in total. The van der Waals surface area contributed by atoms with Crippen molar-refractivity contribution in [1.82, 2.24) is 24.9 Å². The lowest BCUT2D eigenvalue weighted by Crippen LogP contribution is -2.59. The summed E-state index contributed by atoms with van der Waals surface area (Å²) < 4.78 is 23.1. The van der Waals surface area contributed by atoms with Gasteiger partial charge in [0.15, 0.2) is 11.5 Å². The number of anilines is 1. The van der Waals surface area contributed by atoms with Crippen LogP contribution in [0.5, 0.6) is 17.2 Å². The summed E-state index contributed by atoms with van der Waals surface area (Å²) >= 11 is 0. The number of fused-ring (bicyclic) bond motifs is 4. The van der Waals surface area contributed by atoms with Crippen LogP contribution in [0.4, 0.5) is 10.5 Å². The number of carbonyl (C=O) groups is 5. The molecule has 3 fully saturated rings. The highest BCUT2D eigenvalue weighted by molar-refractivity contribution is 6.25. The van der Waals surface area contributed by atoms with E-state index in [0.717, 1.165) is 21.6 Å². The van der Waals surface area contributed by atoms with Gasteiger partial charge in [0.25, 0.3) is 0 Å². The molecular weight excluding hydrogens is 1000 g/mol. The predicted octanol–water partition coefficient (Wildman–Crippen LogP) is 7.52. The lowest BCUT2D eigenvalue weighted by molar-refractivity contribution is -0.179. The molecule has 0 aromatic heterocycles. The van der Waals surface area contributed by atoms with Gasteiger partial charge in [-0.2, -0.15) is 0 Å². The highest BCUT2D eigenvalue weighted by Gasteiger charge is 2.76. The number of nitrogens with zero attached hydrogens (tertiary/aromatic N) is 5. The summed E-state index contributed by atoms with van der Waals surface area (Å²) in [5.74, 6) is 3.28.